The molecule has 0 unspecified atom stereocenters. The summed E-state index contributed by atoms with van der Waals surface area (Å²) < 4.78 is 1.94. The molecule has 3 aromatic rings. The van der Waals surface area contributed by atoms with E-state index in [1.54, 1.807) is 17.5 Å². The first-order valence-electron chi connectivity index (χ1n) is 7.66. The second-order valence-corrected chi connectivity index (χ2v) is 6.76. The molecule has 0 aliphatic carbocycles. The number of carbonyl (C=O) groups excluding carboxylic acids is 1. The summed E-state index contributed by atoms with van der Waals surface area (Å²) in [6, 6.07) is 7.41. The van der Waals surface area contributed by atoms with Gasteiger partial charge in [-0.05, 0) is 19.1 Å². The summed E-state index contributed by atoms with van der Waals surface area (Å²) in [6.07, 6.45) is 6.23. The van der Waals surface area contributed by atoms with Crippen LogP contribution in [0, 0.1) is 6.92 Å². The first kappa shape index (κ1) is 16.2. The number of thiazole rings is 1. The third-order valence-corrected chi connectivity index (χ3v) is 4.47. The van der Waals surface area contributed by atoms with Crippen LogP contribution >= 0.6 is 11.3 Å². The van der Waals surface area contributed by atoms with Crippen molar-refractivity contribution in [2.75, 3.05) is 11.9 Å². The molecule has 2 aromatic heterocycles. The number of hydrogen-bond acceptors (Lipinski definition) is 4. The third kappa shape index (κ3) is 3.99. The van der Waals surface area contributed by atoms with Gasteiger partial charge in [0, 0.05) is 54.7 Å². The van der Waals surface area contributed by atoms with Gasteiger partial charge in [0.2, 0.25) is 0 Å². The molecule has 1 aromatic carbocycles. The smallest absolute Gasteiger partial charge is 0.319 e. The highest BCUT2D eigenvalue weighted by molar-refractivity contribution is 7.11. The van der Waals surface area contributed by atoms with E-state index in [1.165, 1.54) is 4.88 Å². The number of rotatable bonds is 5. The molecule has 0 fully saturated rings. The van der Waals surface area contributed by atoms with Crippen LogP contribution in [0.2, 0.25) is 0 Å². The number of nitrogens with one attached hydrogen (secondary N) is 2. The summed E-state index contributed by atoms with van der Waals surface area (Å²) in [5.74, 6) is 0.859. The lowest BCUT2D eigenvalue weighted by atomic mass is 10.2. The number of aryl methyl sites for hydroxylation is 2. The van der Waals surface area contributed by atoms with Crippen LogP contribution in [0.5, 0.6) is 0 Å². The van der Waals surface area contributed by atoms with Gasteiger partial charge < -0.3 is 15.2 Å². The van der Waals surface area contributed by atoms with Gasteiger partial charge >= 0.3 is 6.03 Å². The monoisotopic (exact) mass is 341 g/mol. The molecule has 0 aliphatic rings. The van der Waals surface area contributed by atoms with Crippen molar-refractivity contribution in [2.45, 2.75) is 13.3 Å². The lowest BCUT2D eigenvalue weighted by Gasteiger charge is -2.09. The summed E-state index contributed by atoms with van der Waals surface area (Å²) >= 11 is 1.65. The van der Waals surface area contributed by atoms with Gasteiger partial charge in [0.1, 0.15) is 5.82 Å². The van der Waals surface area contributed by atoms with E-state index < -0.39 is 0 Å². The first-order valence-corrected chi connectivity index (χ1v) is 8.47. The second kappa shape index (κ2) is 7.27. The van der Waals surface area contributed by atoms with Crippen LogP contribution in [0.1, 0.15) is 9.88 Å². The average molecular weight is 341 g/mol. The zero-order valence-electron chi connectivity index (χ0n) is 13.6. The Kier molecular flexibility index (Phi) is 4.90. The minimum Gasteiger partial charge on any atom is -0.337 e. The molecule has 0 spiro atoms. The Morgan fingerprint density at radius 3 is 2.92 bits per heavy atom. The molecule has 7 heteroatoms. The quantitative estimate of drug-likeness (QED) is 0.748. The number of anilines is 1. The van der Waals surface area contributed by atoms with Crippen LogP contribution in [0.3, 0.4) is 0 Å². The second-order valence-electron chi connectivity index (χ2n) is 5.44. The standard InChI is InChI=1S/C17H19N5OS/c1-12-11-20-15(24-12)6-7-19-17(23)21-14-5-3-4-13(10-14)16-18-8-9-22(16)2/h3-5,8-11H,6-7H2,1-2H3,(H2,19,21,23). The fourth-order valence-electron chi connectivity index (χ4n) is 2.36. The molecule has 124 valence electrons. The van der Waals surface area contributed by atoms with Crippen LogP contribution in [-0.2, 0) is 13.5 Å². The molecule has 0 bridgehead atoms. The molecule has 0 saturated carbocycles. The molecule has 2 heterocycles. The highest BCUT2D eigenvalue weighted by atomic mass is 32.1. The van der Waals surface area contributed by atoms with Gasteiger partial charge in [-0.2, -0.15) is 0 Å². The van der Waals surface area contributed by atoms with Gasteiger partial charge in [-0.25, -0.2) is 14.8 Å². The van der Waals surface area contributed by atoms with E-state index in [9.17, 15) is 4.79 Å². The normalized spacial score (nSPS) is 10.6. The number of amides is 2. The molecule has 24 heavy (non-hydrogen) atoms. The molecule has 6 nitrogen and oxygen atoms in total. The van der Waals surface area contributed by atoms with E-state index in [4.69, 9.17) is 0 Å². The Morgan fingerprint density at radius 2 is 2.21 bits per heavy atom. The van der Waals surface area contributed by atoms with Crippen molar-refractivity contribution in [1.82, 2.24) is 19.9 Å². The molecule has 0 radical (unpaired) electrons. The summed E-state index contributed by atoms with van der Waals surface area (Å²) in [5, 5.41) is 6.73. The Labute approximate surface area is 144 Å². The molecule has 2 amide bonds. The fourth-order valence-corrected chi connectivity index (χ4v) is 3.14. The summed E-state index contributed by atoms with van der Waals surface area (Å²) in [6.45, 7) is 2.58. The Bertz CT molecular complexity index is 839. The first-order chi connectivity index (χ1) is 11.6. The molecule has 0 aliphatic heterocycles. The summed E-state index contributed by atoms with van der Waals surface area (Å²) in [4.78, 5) is 21.8. The van der Waals surface area contributed by atoms with Crippen LogP contribution in [0.15, 0.2) is 42.9 Å². The van der Waals surface area contributed by atoms with Crippen molar-refractivity contribution in [3.63, 3.8) is 0 Å². The molecule has 3 rings (SSSR count). The predicted molar refractivity (Wildman–Crippen MR) is 96.2 cm³/mol. The summed E-state index contributed by atoms with van der Waals surface area (Å²) in [7, 11) is 1.94. The Morgan fingerprint density at radius 1 is 1.33 bits per heavy atom. The number of benzene rings is 1. The highest BCUT2D eigenvalue weighted by Gasteiger charge is 2.06. The number of carbonyl (C=O) groups is 1. The van der Waals surface area contributed by atoms with E-state index in [-0.39, 0.29) is 6.03 Å². The fraction of sp³-hybridized carbons (Fsp3) is 0.235. The minimum absolute atomic E-state index is 0.222. The van der Waals surface area contributed by atoms with Gasteiger partial charge in [0.25, 0.3) is 0 Å². The van der Waals surface area contributed by atoms with Crippen molar-refractivity contribution in [3.8, 4) is 11.4 Å². The SMILES string of the molecule is Cc1cnc(CCNC(=O)Nc2cccc(-c3nccn3C)c2)s1. The van der Waals surface area contributed by atoms with Crippen LogP contribution in [-0.4, -0.2) is 27.1 Å². The molecule has 0 saturated heterocycles. The average Bonchev–Trinajstić information content (AvgIpc) is 3.16. The number of imidazole rings is 1. The largest absolute Gasteiger partial charge is 0.337 e. The Balaban J connectivity index is 1.55. The predicted octanol–water partition coefficient (Wildman–Crippen LogP) is 3.22. The maximum absolute atomic E-state index is 12.0. The molecular weight excluding hydrogens is 322 g/mol. The number of aromatic nitrogens is 3. The molecular formula is C17H19N5OS. The van der Waals surface area contributed by atoms with Crippen LogP contribution in [0.25, 0.3) is 11.4 Å². The Hall–Kier alpha value is -2.67. The number of nitrogens with zero attached hydrogens (tertiary/aromatic N) is 3. The summed E-state index contributed by atoms with van der Waals surface area (Å²) in [5.41, 5.74) is 1.69. The maximum atomic E-state index is 12.0. The van der Waals surface area contributed by atoms with Gasteiger partial charge in [-0.1, -0.05) is 12.1 Å². The topological polar surface area (TPSA) is 71.8 Å². The van der Waals surface area contributed by atoms with Crippen molar-refractivity contribution in [1.29, 1.82) is 0 Å². The zero-order chi connectivity index (χ0) is 16.9. The van der Waals surface area contributed by atoms with Crippen molar-refractivity contribution < 1.29 is 4.79 Å². The van der Waals surface area contributed by atoms with E-state index in [2.05, 4.69) is 20.6 Å². The van der Waals surface area contributed by atoms with Gasteiger partial charge in [0.05, 0.1) is 5.01 Å². The van der Waals surface area contributed by atoms with Gasteiger partial charge in [-0.3, -0.25) is 0 Å². The third-order valence-electron chi connectivity index (χ3n) is 3.49. The van der Waals surface area contributed by atoms with Crippen molar-refractivity contribution in [3.05, 3.63) is 52.7 Å². The van der Waals surface area contributed by atoms with E-state index in [0.717, 1.165) is 28.5 Å². The molecule has 2 N–H and O–H groups in total. The van der Waals surface area contributed by atoms with E-state index >= 15 is 0 Å². The van der Waals surface area contributed by atoms with E-state index in [1.807, 2.05) is 55.2 Å². The van der Waals surface area contributed by atoms with Gasteiger partial charge in [0.15, 0.2) is 0 Å². The van der Waals surface area contributed by atoms with Crippen molar-refractivity contribution >= 4 is 23.1 Å². The lowest BCUT2D eigenvalue weighted by molar-refractivity contribution is 0.252. The van der Waals surface area contributed by atoms with E-state index in [0.29, 0.717) is 6.54 Å². The minimum atomic E-state index is -0.222. The van der Waals surface area contributed by atoms with Gasteiger partial charge in [-0.15, -0.1) is 11.3 Å². The lowest BCUT2D eigenvalue weighted by Crippen LogP contribution is -2.30. The van der Waals surface area contributed by atoms with Crippen LogP contribution < -0.4 is 10.6 Å². The number of urea groups is 1. The maximum Gasteiger partial charge on any atom is 0.319 e. The zero-order valence-corrected chi connectivity index (χ0v) is 14.4. The van der Waals surface area contributed by atoms with Crippen molar-refractivity contribution in [2.24, 2.45) is 7.05 Å². The molecule has 0 atom stereocenters. The highest BCUT2D eigenvalue weighted by Crippen LogP contribution is 2.20. The van der Waals surface area contributed by atoms with Crippen LogP contribution in [0.4, 0.5) is 10.5 Å². The number of hydrogen-bond donors (Lipinski definition) is 2.